The van der Waals surface area contributed by atoms with Crippen molar-refractivity contribution in [2.24, 2.45) is 0 Å². The number of carbonyl (C=O) groups excluding carboxylic acids is 2. The minimum atomic E-state index is -0.672. The van der Waals surface area contributed by atoms with Gasteiger partial charge in [-0.2, -0.15) is 0 Å². The molecule has 1 saturated heterocycles. The first-order chi connectivity index (χ1) is 13.1. The van der Waals surface area contributed by atoms with Gasteiger partial charge >= 0.3 is 0 Å². The number of likely N-dealkylation sites (N-methyl/N-ethyl adjacent to an activating group) is 1. The van der Waals surface area contributed by atoms with Gasteiger partial charge in [0, 0.05) is 19.1 Å². The Labute approximate surface area is 161 Å². The van der Waals surface area contributed by atoms with Crippen molar-refractivity contribution in [2.75, 3.05) is 33.8 Å². The van der Waals surface area contributed by atoms with Crippen LogP contribution in [0.5, 0.6) is 0 Å². The van der Waals surface area contributed by atoms with Gasteiger partial charge in [-0.25, -0.2) is 0 Å². The lowest BCUT2D eigenvalue weighted by Crippen LogP contribution is -2.56. The van der Waals surface area contributed by atoms with E-state index in [0.29, 0.717) is 6.54 Å². The number of carbonyl (C=O) groups is 2. The average molecular weight is 373 g/mol. The zero-order chi connectivity index (χ0) is 19.2. The molecule has 27 heavy (non-hydrogen) atoms. The second kappa shape index (κ2) is 9.33. The van der Waals surface area contributed by atoms with Crippen molar-refractivity contribution in [2.45, 2.75) is 50.3 Å². The SMILES string of the molecule is CN(C)CCN(C(=O)[C@H]1OCC(=O)N[C@@H]1c1ccccc1)C1CCCCC1. The molecule has 0 bridgehead atoms. The third-order valence-corrected chi connectivity index (χ3v) is 5.50. The fourth-order valence-electron chi connectivity index (χ4n) is 4.02. The molecule has 2 amide bonds. The van der Waals surface area contributed by atoms with Crippen molar-refractivity contribution in [3.63, 3.8) is 0 Å². The third-order valence-electron chi connectivity index (χ3n) is 5.50. The smallest absolute Gasteiger partial charge is 0.254 e. The summed E-state index contributed by atoms with van der Waals surface area (Å²) < 4.78 is 5.78. The maximum absolute atomic E-state index is 13.5. The number of morpholine rings is 1. The van der Waals surface area contributed by atoms with E-state index in [2.05, 4.69) is 10.2 Å². The average Bonchev–Trinajstić information content (AvgIpc) is 2.69. The van der Waals surface area contributed by atoms with Gasteiger partial charge in [0.15, 0.2) is 6.10 Å². The van der Waals surface area contributed by atoms with Crippen molar-refractivity contribution >= 4 is 11.8 Å². The highest BCUT2D eigenvalue weighted by atomic mass is 16.5. The maximum Gasteiger partial charge on any atom is 0.254 e. The number of hydrogen-bond acceptors (Lipinski definition) is 4. The lowest BCUT2D eigenvalue weighted by molar-refractivity contribution is -0.157. The molecule has 1 saturated carbocycles. The highest BCUT2D eigenvalue weighted by Crippen LogP contribution is 2.28. The molecular formula is C21H31N3O3. The summed E-state index contributed by atoms with van der Waals surface area (Å²) in [7, 11) is 4.04. The van der Waals surface area contributed by atoms with Crippen molar-refractivity contribution in [3.05, 3.63) is 35.9 Å². The molecule has 1 aliphatic heterocycles. The van der Waals surface area contributed by atoms with Gasteiger partial charge in [-0.15, -0.1) is 0 Å². The van der Waals surface area contributed by atoms with Crippen molar-refractivity contribution in [1.82, 2.24) is 15.1 Å². The van der Waals surface area contributed by atoms with Gasteiger partial charge in [-0.1, -0.05) is 49.6 Å². The summed E-state index contributed by atoms with van der Waals surface area (Å²) in [5.41, 5.74) is 0.903. The minimum absolute atomic E-state index is 0.00222. The van der Waals surface area contributed by atoms with Gasteiger partial charge in [-0.05, 0) is 32.5 Å². The Kier molecular flexibility index (Phi) is 6.85. The molecule has 6 heteroatoms. The Bertz CT molecular complexity index is 629. The lowest BCUT2D eigenvalue weighted by atomic mass is 9.92. The summed E-state index contributed by atoms with van der Waals surface area (Å²) in [5.74, 6) is -0.178. The monoisotopic (exact) mass is 373 g/mol. The number of nitrogens with one attached hydrogen (secondary N) is 1. The summed E-state index contributed by atoms with van der Waals surface area (Å²) in [6.07, 6.45) is 5.01. The van der Waals surface area contributed by atoms with Gasteiger partial charge in [0.05, 0.1) is 6.04 Å². The molecule has 1 aromatic carbocycles. The van der Waals surface area contributed by atoms with Crippen LogP contribution >= 0.6 is 0 Å². The van der Waals surface area contributed by atoms with Crippen LogP contribution in [0, 0.1) is 0 Å². The number of rotatable bonds is 6. The highest BCUT2D eigenvalue weighted by Gasteiger charge is 2.40. The maximum atomic E-state index is 13.5. The van der Waals surface area contributed by atoms with Crippen LogP contribution in [-0.4, -0.2) is 67.6 Å². The largest absolute Gasteiger partial charge is 0.356 e. The first-order valence-corrected chi connectivity index (χ1v) is 9.97. The summed E-state index contributed by atoms with van der Waals surface area (Å²) in [6.45, 7) is 1.44. The van der Waals surface area contributed by atoms with Crippen molar-refractivity contribution in [1.29, 1.82) is 0 Å². The van der Waals surface area contributed by atoms with Crippen LogP contribution < -0.4 is 5.32 Å². The number of ether oxygens (including phenoxy) is 1. The minimum Gasteiger partial charge on any atom is -0.356 e. The van der Waals surface area contributed by atoms with E-state index in [1.165, 1.54) is 19.3 Å². The van der Waals surface area contributed by atoms with Crippen molar-refractivity contribution < 1.29 is 14.3 Å². The fourth-order valence-corrected chi connectivity index (χ4v) is 4.02. The second-order valence-electron chi connectivity index (χ2n) is 7.81. The summed E-state index contributed by atoms with van der Waals surface area (Å²) >= 11 is 0. The Balaban J connectivity index is 1.81. The van der Waals surface area contributed by atoms with Crippen molar-refractivity contribution in [3.8, 4) is 0 Å². The number of benzene rings is 1. The Morgan fingerprint density at radius 1 is 1.11 bits per heavy atom. The van der Waals surface area contributed by atoms with E-state index in [0.717, 1.165) is 24.9 Å². The first-order valence-electron chi connectivity index (χ1n) is 9.97. The van der Waals surface area contributed by atoms with E-state index in [1.807, 2.05) is 49.3 Å². The molecule has 2 atom stereocenters. The predicted molar refractivity (Wildman–Crippen MR) is 104 cm³/mol. The first kappa shape index (κ1) is 19.8. The molecular weight excluding hydrogens is 342 g/mol. The van der Waals surface area contributed by atoms with Crippen LogP contribution in [-0.2, 0) is 14.3 Å². The van der Waals surface area contributed by atoms with Crippen LogP contribution in [0.25, 0.3) is 0 Å². The van der Waals surface area contributed by atoms with E-state index in [-0.39, 0.29) is 24.5 Å². The van der Waals surface area contributed by atoms with Gasteiger partial charge in [-0.3, -0.25) is 9.59 Å². The van der Waals surface area contributed by atoms with E-state index in [1.54, 1.807) is 0 Å². The molecule has 6 nitrogen and oxygen atoms in total. The second-order valence-corrected chi connectivity index (χ2v) is 7.81. The zero-order valence-electron chi connectivity index (χ0n) is 16.4. The zero-order valence-corrected chi connectivity index (χ0v) is 16.4. The summed E-state index contributed by atoms with van der Waals surface area (Å²) in [6, 6.07) is 9.46. The highest BCUT2D eigenvalue weighted by molar-refractivity contribution is 5.86. The molecule has 0 unspecified atom stereocenters. The molecule has 0 aromatic heterocycles. The summed E-state index contributed by atoms with van der Waals surface area (Å²) in [4.78, 5) is 29.6. The number of hydrogen-bond donors (Lipinski definition) is 1. The standard InChI is InChI=1S/C21H31N3O3/c1-23(2)13-14-24(17-11-7-4-8-12-17)21(26)20-19(22-18(25)15-27-20)16-9-5-3-6-10-16/h3,5-6,9-10,17,19-20H,4,7-8,11-15H2,1-2H3,(H,22,25)/t19-,20+/m1/s1. The summed E-state index contributed by atoms with van der Waals surface area (Å²) in [5, 5.41) is 2.96. The molecule has 3 rings (SSSR count). The van der Waals surface area contributed by atoms with Crippen LogP contribution in [0.4, 0.5) is 0 Å². The Morgan fingerprint density at radius 2 is 1.81 bits per heavy atom. The Morgan fingerprint density at radius 3 is 2.48 bits per heavy atom. The molecule has 148 valence electrons. The van der Waals surface area contributed by atoms with Gasteiger partial charge in [0.2, 0.25) is 5.91 Å². The van der Waals surface area contributed by atoms with E-state index < -0.39 is 12.1 Å². The van der Waals surface area contributed by atoms with Gasteiger partial charge in [0.1, 0.15) is 6.61 Å². The molecule has 0 radical (unpaired) electrons. The molecule has 1 N–H and O–H groups in total. The molecule has 0 spiro atoms. The van der Waals surface area contributed by atoms with Gasteiger partial charge < -0.3 is 19.9 Å². The van der Waals surface area contributed by atoms with Crippen LogP contribution in [0.2, 0.25) is 0 Å². The Hall–Kier alpha value is -1.92. The van der Waals surface area contributed by atoms with E-state index in [4.69, 9.17) is 4.74 Å². The molecule has 1 aromatic rings. The lowest BCUT2D eigenvalue weighted by Gasteiger charge is -2.40. The van der Waals surface area contributed by atoms with E-state index in [9.17, 15) is 9.59 Å². The predicted octanol–water partition coefficient (Wildman–Crippen LogP) is 1.97. The molecule has 2 fully saturated rings. The van der Waals surface area contributed by atoms with Crippen LogP contribution in [0.15, 0.2) is 30.3 Å². The quantitative estimate of drug-likeness (QED) is 0.828. The molecule has 2 aliphatic rings. The van der Waals surface area contributed by atoms with E-state index >= 15 is 0 Å². The normalized spacial score (nSPS) is 23.9. The van der Waals surface area contributed by atoms with Gasteiger partial charge in [0.25, 0.3) is 5.91 Å². The topological polar surface area (TPSA) is 61.9 Å². The molecule has 1 aliphatic carbocycles. The third kappa shape index (κ3) is 5.08. The number of amides is 2. The molecule has 1 heterocycles. The fraction of sp³-hybridized carbons (Fsp3) is 0.619. The van der Waals surface area contributed by atoms with Crippen LogP contribution in [0.1, 0.15) is 43.7 Å². The van der Waals surface area contributed by atoms with Crippen LogP contribution in [0.3, 0.4) is 0 Å². The number of nitrogens with zero attached hydrogens (tertiary/aromatic N) is 2.